The molecule has 2 aromatic rings. The smallest absolute Gasteiger partial charge is 0.240 e. The van der Waals surface area contributed by atoms with E-state index in [0.717, 1.165) is 5.56 Å². The van der Waals surface area contributed by atoms with E-state index in [0.29, 0.717) is 23.5 Å². The van der Waals surface area contributed by atoms with Gasteiger partial charge < -0.3 is 20.5 Å². The summed E-state index contributed by atoms with van der Waals surface area (Å²) in [5.74, 6) is -0.232. The number of nitrogens with two attached hydrogens (primary N) is 1. The van der Waals surface area contributed by atoms with E-state index < -0.39 is 17.9 Å². The number of amides is 2. The number of guanidine groups is 1. The van der Waals surface area contributed by atoms with E-state index in [1.807, 2.05) is 30.3 Å². The molecule has 0 saturated heterocycles. The molecule has 0 radical (unpaired) electrons. The molecule has 8 nitrogen and oxygen atoms in total. The molecule has 0 fully saturated rings. The summed E-state index contributed by atoms with van der Waals surface area (Å²) < 4.78 is 10.4. The van der Waals surface area contributed by atoms with Crippen molar-refractivity contribution >= 4 is 17.8 Å². The van der Waals surface area contributed by atoms with Gasteiger partial charge in [0, 0.05) is 6.42 Å². The number of carbonyl (C=O) groups is 2. The van der Waals surface area contributed by atoms with Gasteiger partial charge in [0.2, 0.25) is 11.8 Å². The quantitative estimate of drug-likeness (QED) is 0.399. The van der Waals surface area contributed by atoms with Crippen molar-refractivity contribution in [3.8, 4) is 11.5 Å². The van der Waals surface area contributed by atoms with E-state index in [-0.39, 0.29) is 12.4 Å². The lowest BCUT2D eigenvalue weighted by molar-refractivity contribution is -0.120. The van der Waals surface area contributed by atoms with E-state index in [1.165, 1.54) is 14.2 Å². The SMILES string of the molecule is COc1ccc(CC(=O)NC(=N)N[C@H](Cc2ccccc2)C(N)=O)cc1OC. The highest BCUT2D eigenvalue weighted by Gasteiger charge is 2.18. The minimum Gasteiger partial charge on any atom is -0.493 e. The number of nitrogens with one attached hydrogen (secondary N) is 3. The summed E-state index contributed by atoms with van der Waals surface area (Å²) in [7, 11) is 3.04. The number of carbonyl (C=O) groups excluding carboxylic acids is 2. The maximum absolute atomic E-state index is 12.2. The Labute approximate surface area is 163 Å². The molecular formula is C20H24N4O4. The molecule has 0 bridgehead atoms. The van der Waals surface area contributed by atoms with E-state index in [2.05, 4.69) is 10.6 Å². The van der Waals surface area contributed by atoms with Crippen LogP contribution in [-0.4, -0.2) is 38.0 Å². The minimum atomic E-state index is -0.809. The standard InChI is InChI=1S/C20H24N4O4/c1-27-16-9-8-14(11-17(16)28-2)12-18(25)24-20(22)23-15(19(21)26)10-13-6-4-3-5-7-13/h3-9,11,15H,10,12H2,1-2H3,(H2,21,26)(H3,22,23,24,25)/t15-/m1/s1. The predicted octanol–water partition coefficient (Wildman–Crippen LogP) is 0.983. The van der Waals surface area contributed by atoms with E-state index in [9.17, 15) is 9.59 Å². The monoisotopic (exact) mass is 384 g/mol. The van der Waals surface area contributed by atoms with Crippen molar-refractivity contribution in [3.05, 3.63) is 59.7 Å². The Balaban J connectivity index is 1.93. The maximum atomic E-state index is 12.2. The third kappa shape index (κ3) is 6.01. The molecule has 28 heavy (non-hydrogen) atoms. The molecule has 0 aliphatic rings. The van der Waals surface area contributed by atoms with Crippen LogP contribution in [0.3, 0.4) is 0 Å². The summed E-state index contributed by atoms with van der Waals surface area (Å²) in [6.07, 6.45) is 0.342. The first-order chi connectivity index (χ1) is 13.4. The molecule has 2 aromatic carbocycles. The Hall–Kier alpha value is -3.55. The van der Waals surface area contributed by atoms with Gasteiger partial charge in [-0.15, -0.1) is 0 Å². The summed E-state index contributed by atoms with van der Waals surface area (Å²) in [4.78, 5) is 23.9. The molecule has 0 aliphatic heterocycles. The van der Waals surface area contributed by atoms with Crippen LogP contribution >= 0.6 is 0 Å². The molecule has 0 unspecified atom stereocenters. The molecule has 8 heteroatoms. The Bertz CT molecular complexity index is 839. The van der Waals surface area contributed by atoms with Crippen LogP contribution in [0, 0.1) is 5.41 Å². The van der Waals surface area contributed by atoms with Crippen molar-refractivity contribution in [2.45, 2.75) is 18.9 Å². The fourth-order valence-electron chi connectivity index (χ4n) is 2.64. The molecule has 1 atom stereocenters. The molecule has 0 spiro atoms. The highest BCUT2D eigenvalue weighted by atomic mass is 16.5. The van der Waals surface area contributed by atoms with Crippen LogP contribution in [0.5, 0.6) is 11.5 Å². The van der Waals surface area contributed by atoms with Crippen LogP contribution in [0.1, 0.15) is 11.1 Å². The van der Waals surface area contributed by atoms with E-state index in [4.69, 9.17) is 20.6 Å². The number of benzene rings is 2. The summed E-state index contributed by atoms with van der Waals surface area (Å²) in [6, 6.07) is 13.6. The first-order valence-corrected chi connectivity index (χ1v) is 8.62. The van der Waals surface area contributed by atoms with Crippen LogP contribution in [0.25, 0.3) is 0 Å². The van der Waals surface area contributed by atoms with Crippen molar-refractivity contribution in [1.29, 1.82) is 5.41 Å². The van der Waals surface area contributed by atoms with Crippen molar-refractivity contribution in [2.75, 3.05) is 14.2 Å². The van der Waals surface area contributed by atoms with Crippen LogP contribution < -0.4 is 25.8 Å². The third-order valence-electron chi connectivity index (χ3n) is 4.02. The normalized spacial score (nSPS) is 11.2. The minimum absolute atomic E-state index is 0.0321. The zero-order valence-corrected chi connectivity index (χ0v) is 15.8. The van der Waals surface area contributed by atoms with E-state index in [1.54, 1.807) is 18.2 Å². The molecule has 148 valence electrons. The third-order valence-corrected chi connectivity index (χ3v) is 4.02. The van der Waals surface area contributed by atoms with Crippen molar-refractivity contribution < 1.29 is 19.1 Å². The van der Waals surface area contributed by atoms with Crippen molar-refractivity contribution in [2.24, 2.45) is 5.73 Å². The highest BCUT2D eigenvalue weighted by molar-refractivity contribution is 5.98. The highest BCUT2D eigenvalue weighted by Crippen LogP contribution is 2.27. The second kappa shape index (κ2) is 9.96. The molecule has 0 aliphatic carbocycles. The lowest BCUT2D eigenvalue weighted by Gasteiger charge is -2.18. The number of rotatable bonds is 8. The van der Waals surface area contributed by atoms with E-state index >= 15 is 0 Å². The van der Waals surface area contributed by atoms with Gasteiger partial charge >= 0.3 is 0 Å². The second-order valence-electron chi connectivity index (χ2n) is 6.08. The largest absolute Gasteiger partial charge is 0.493 e. The Morgan fingerprint density at radius 1 is 1.04 bits per heavy atom. The van der Waals surface area contributed by atoms with Crippen LogP contribution in [-0.2, 0) is 22.4 Å². The maximum Gasteiger partial charge on any atom is 0.240 e. The predicted molar refractivity (Wildman–Crippen MR) is 105 cm³/mol. The number of primary amides is 1. The van der Waals surface area contributed by atoms with Gasteiger partial charge in [0.25, 0.3) is 0 Å². The summed E-state index contributed by atoms with van der Waals surface area (Å²) in [5.41, 5.74) is 7.00. The molecule has 0 aromatic heterocycles. The Morgan fingerprint density at radius 2 is 1.71 bits per heavy atom. The fourth-order valence-corrected chi connectivity index (χ4v) is 2.64. The van der Waals surface area contributed by atoms with Gasteiger partial charge in [-0.1, -0.05) is 36.4 Å². The average Bonchev–Trinajstić information content (AvgIpc) is 2.67. The van der Waals surface area contributed by atoms with Crippen LogP contribution in [0.15, 0.2) is 48.5 Å². The van der Waals surface area contributed by atoms with Gasteiger partial charge in [-0.05, 0) is 23.3 Å². The molecule has 0 heterocycles. The Kier molecular flexibility index (Phi) is 7.38. The number of hydrogen-bond acceptors (Lipinski definition) is 5. The zero-order valence-electron chi connectivity index (χ0n) is 15.8. The molecule has 2 amide bonds. The van der Waals surface area contributed by atoms with Gasteiger partial charge in [0.15, 0.2) is 17.5 Å². The van der Waals surface area contributed by atoms with Crippen molar-refractivity contribution in [3.63, 3.8) is 0 Å². The first-order valence-electron chi connectivity index (χ1n) is 8.62. The zero-order chi connectivity index (χ0) is 20.5. The van der Waals surface area contributed by atoms with Crippen molar-refractivity contribution in [1.82, 2.24) is 10.6 Å². The van der Waals surface area contributed by atoms with Gasteiger partial charge in [-0.3, -0.25) is 20.3 Å². The average molecular weight is 384 g/mol. The molecule has 0 saturated carbocycles. The topological polar surface area (TPSA) is 127 Å². The lowest BCUT2D eigenvalue weighted by Crippen LogP contribution is -2.51. The van der Waals surface area contributed by atoms with Gasteiger partial charge in [0.1, 0.15) is 6.04 Å². The number of methoxy groups -OCH3 is 2. The van der Waals surface area contributed by atoms with Crippen LogP contribution in [0.4, 0.5) is 0 Å². The molecule has 2 rings (SSSR count). The Morgan fingerprint density at radius 3 is 2.32 bits per heavy atom. The molecular weight excluding hydrogens is 360 g/mol. The van der Waals surface area contributed by atoms with Gasteiger partial charge in [-0.25, -0.2) is 0 Å². The lowest BCUT2D eigenvalue weighted by atomic mass is 10.1. The fraction of sp³-hybridized carbons (Fsp3) is 0.250. The number of ether oxygens (including phenoxy) is 2. The van der Waals surface area contributed by atoms with Crippen LogP contribution in [0.2, 0.25) is 0 Å². The second-order valence-corrected chi connectivity index (χ2v) is 6.08. The summed E-state index contributed by atoms with van der Waals surface area (Å²) >= 11 is 0. The summed E-state index contributed by atoms with van der Waals surface area (Å²) in [6.45, 7) is 0. The number of hydrogen-bond donors (Lipinski definition) is 4. The first kappa shape index (κ1) is 20.8. The van der Waals surface area contributed by atoms with Gasteiger partial charge in [0.05, 0.1) is 20.6 Å². The summed E-state index contributed by atoms with van der Waals surface area (Å²) in [5, 5.41) is 13.0. The van der Waals surface area contributed by atoms with Gasteiger partial charge in [-0.2, -0.15) is 0 Å². The molecule has 5 N–H and O–H groups in total.